The highest BCUT2D eigenvalue weighted by Gasteiger charge is 2.28. The highest BCUT2D eigenvalue weighted by Crippen LogP contribution is 2.14. The molecule has 1 atom stereocenters. The predicted molar refractivity (Wildman–Crippen MR) is 69.5 cm³/mol. The fraction of sp³-hybridized carbons (Fsp3) is 0.769. The zero-order valence-electron chi connectivity index (χ0n) is 11.5. The van der Waals surface area contributed by atoms with E-state index in [-0.39, 0.29) is 18.2 Å². The van der Waals surface area contributed by atoms with E-state index in [0.29, 0.717) is 19.3 Å². The molecule has 3 N–H and O–H groups in total. The van der Waals surface area contributed by atoms with Gasteiger partial charge >= 0.3 is 5.97 Å². The van der Waals surface area contributed by atoms with Crippen molar-refractivity contribution in [2.24, 2.45) is 0 Å². The number of nitrogens with one attached hydrogen (secondary N) is 2. The lowest BCUT2D eigenvalue weighted by molar-refractivity contribution is -0.138. The molecule has 108 valence electrons. The maximum Gasteiger partial charge on any atom is 0.303 e. The molecule has 0 aromatic carbocycles. The number of hydrogen-bond donors (Lipinski definition) is 3. The highest BCUT2D eigenvalue weighted by atomic mass is 16.4. The summed E-state index contributed by atoms with van der Waals surface area (Å²) >= 11 is 0. The van der Waals surface area contributed by atoms with Crippen LogP contribution in [0.5, 0.6) is 0 Å². The Kier molecular flexibility index (Phi) is 5.32. The second-order valence-corrected chi connectivity index (χ2v) is 5.63. The first kappa shape index (κ1) is 15.5. The van der Waals surface area contributed by atoms with Crippen LogP contribution in [-0.2, 0) is 14.4 Å². The van der Waals surface area contributed by atoms with Gasteiger partial charge in [0.2, 0.25) is 11.8 Å². The van der Waals surface area contributed by atoms with E-state index in [0.717, 1.165) is 12.8 Å². The summed E-state index contributed by atoms with van der Waals surface area (Å²) in [5, 5.41) is 14.2. The minimum Gasteiger partial charge on any atom is -0.481 e. The first-order chi connectivity index (χ1) is 8.80. The third kappa shape index (κ3) is 5.72. The van der Waals surface area contributed by atoms with E-state index in [1.54, 1.807) is 13.8 Å². The Bertz CT molecular complexity index is 366. The summed E-state index contributed by atoms with van der Waals surface area (Å²) < 4.78 is 0. The Labute approximate surface area is 112 Å². The molecule has 0 aromatic rings. The molecular weight excluding hydrogens is 248 g/mol. The van der Waals surface area contributed by atoms with Crippen molar-refractivity contribution in [3.8, 4) is 0 Å². The van der Waals surface area contributed by atoms with Crippen molar-refractivity contribution < 1.29 is 19.5 Å². The van der Waals surface area contributed by atoms with Crippen molar-refractivity contribution >= 4 is 17.8 Å². The molecular formula is C13H22N2O4. The average Bonchev–Trinajstić information content (AvgIpc) is 2.51. The zero-order chi connectivity index (χ0) is 14.5. The molecule has 19 heavy (non-hydrogen) atoms. The molecule has 0 radical (unpaired) electrons. The largest absolute Gasteiger partial charge is 0.481 e. The average molecular weight is 270 g/mol. The normalized spacial score (nSPS) is 20.3. The minimum absolute atomic E-state index is 0.00427. The first-order valence-electron chi connectivity index (χ1n) is 6.63. The molecule has 6 heteroatoms. The summed E-state index contributed by atoms with van der Waals surface area (Å²) in [6.45, 7) is 3.57. The molecule has 1 rings (SSSR count). The summed E-state index contributed by atoms with van der Waals surface area (Å²) in [7, 11) is 0. The van der Waals surface area contributed by atoms with Crippen LogP contribution in [-0.4, -0.2) is 34.5 Å². The molecule has 1 unspecified atom stereocenters. The van der Waals surface area contributed by atoms with E-state index in [4.69, 9.17) is 5.11 Å². The van der Waals surface area contributed by atoms with Crippen LogP contribution in [0.2, 0.25) is 0 Å². The Hall–Kier alpha value is -1.59. The van der Waals surface area contributed by atoms with Crippen molar-refractivity contribution in [3.05, 3.63) is 0 Å². The fourth-order valence-corrected chi connectivity index (χ4v) is 2.07. The Morgan fingerprint density at radius 2 is 2.11 bits per heavy atom. The van der Waals surface area contributed by atoms with Crippen molar-refractivity contribution in [2.75, 3.05) is 0 Å². The number of carbonyl (C=O) groups excluding carboxylic acids is 2. The molecule has 0 aromatic heterocycles. The number of rotatable bonds is 5. The second-order valence-electron chi connectivity index (χ2n) is 5.63. The van der Waals surface area contributed by atoms with Gasteiger partial charge in [0.25, 0.3) is 0 Å². The van der Waals surface area contributed by atoms with Crippen LogP contribution >= 0.6 is 0 Å². The SMILES string of the molecule is CC(C)(CCC(=O)O)NC(=O)C1CCCCC(=O)N1. The summed E-state index contributed by atoms with van der Waals surface area (Å²) in [4.78, 5) is 34.0. The van der Waals surface area contributed by atoms with E-state index < -0.39 is 17.6 Å². The molecule has 1 aliphatic heterocycles. The van der Waals surface area contributed by atoms with Gasteiger partial charge in [-0.3, -0.25) is 14.4 Å². The van der Waals surface area contributed by atoms with E-state index in [9.17, 15) is 14.4 Å². The van der Waals surface area contributed by atoms with E-state index in [1.807, 2.05) is 0 Å². The van der Waals surface area contributed by atoms with Crippen LogP contribution in [0.15, 0.2) is 0 Å². The van der Waals surface area contributed by atoms with Crippen molar-refractivity contribution in [1.29, 1.82) is 0 Å². The minimum atomic E-state index is -0.884. The van der Waals surface area contributed by atoms with E-state index >= 15 is 0 Å². The van der Waals surface area contributed by atoms with Crippen LogP contribution in [0.1, 0.15) is 52.4 Å². The van der Waals surface area contributed by atoms with Crippen molar-refractivity contribution in [2.45, 2.75) is 64.0 Å². The van der Waals surface area contributed by atoms with Gasteiger partial charge in [0.1, 0.15) is 6.04 Å². The predicted octanol–water partition coefficient (Wildman–Crippen LogP) is 0.805. The fourth-order valence-electron chi connectivity index (χ4n) is 2.07. The number of aliphatic carboxylic acids is 1. The standard InChI is InChI=1S/C13H22N2O4/c1-13(2,8-7-11(17)18)15-12(19)9-5-3-4-6-10(16)14-9/h9H,3-8H2,1-2H3,(H,14,16)(H,15,19)(H,17,18). The maximum atomic E-state index is 12.1. The molecule has 0 bridgehead atoms. The Morgan fingerprint density at radius 1 is 1.42 bits per heavy atom. The number of hydrogen-bond acceptors (Lipinski definition) is 3. The van der Waals surface area contributed by atoms with Crippen LogP contribution in [0.4, 0.5) is 0 Å². The second kappa shape index (κ2) is 6.54. The third-order valence-electron chi connectivity index (χ3n) is 3.22. The quantitative estimate of drug-likeness (QED) is 0.688. The molecule has 0 saturated carbocycles. The summed E-state index contributed by atoms with van der Waals surface area (Å²) in [5.41, 5.74) is -0.591. The van der Waals surface area contributed by atoms with Gasteiger partial charge in [-0.1, -0.05) is 6.42 Å². The van der Waals surface area contributed by atoms with Crippen LogP contribution in [0, 0.1) is 0 Å². The van der Waals surface area contributed by atoms with Gasteiger partial charge < -0.3 is 15.7 Å². The van der Waals surface area contributed by atoms with Gasteiger partial charge in [-0.05, 0) is 33.1 Å². The highest BCUT2D eigenvalue weighted by molar-refractivity contribution is 5.88. The van der Waals surface area contributed by atoms with Crippen LogP contribution < -0.4 is 10.6 Å². The number of carboxylic acids is 1. The van der Waals surface area contributed by atoms with Gasteiger partial charge in [-0.2, -0.15) is 0 Å². The topological polar surface area (TPSA) is 95.5 Å². The van der Waals surface area contributed by atoms with Gasteiger partial charge in [-0.15, -0.1) is 0 Å². The lowest BCUT2D eigenvalue weighted by atomic mass is 9.97. The van der Waals surface area contributed by atoms with E-state index in [1.165, 1.54) is 0 Å². The summed E-state index contributed by atoms with van der Waals surface area (Å²) in [6, 6.07) is -0.501. The lowest BCUT2D eigenvalue weighted by Crippen LogP contribution is -2.52. The summed E-state index contributed by atoms with van der Waals surface area (Å²) in [5.74, 6) is -1.21. The number of carboxylic acid groups (broad SMARTS) is 1. The van der Waals surface area contributed by atoms with Crippen molar-refractivity contribution in [3.63, 3.8) is 0 Å². The Morgan fingerprint density at radius 3 is 2.74 bits per heavy atom. The molecule has 0 spiro atoms. The zero-order valence-corrected chi connectivity index (χ0v) is 11.5. The molecule has 1 fully saturated rings. The first-order valence-corrected chi connectivity index (χ1v) is 6.63. The third-order valence-corrected chi connectivity index (χ3v) is 3.22. The summed E-state index contributed by atoms with van der Waals surface area (Å²) in [6.07, 6.45) is 3.10. The van der Waals surface area contributed by atoms with Crippen LogP contribution in [0.3, 0.4) is 0 Å². The molecule has 1 aliphatic rings. The van der Waals surface area contributed by atoms with Gasteiger partial charge in [0.05, 0.1) is 0 Å². The molecule has 6 nitrogen and oxygen atoms in total. The van der Waals surface area contributed by atoms with Gasteiger partial charge in [-0.25, -0.2) is 0 Å². The molecule has 2 amide bonds. The molecule has 0 aliphatic carbocycles. The van der Waals surface area contributed by atoms with E-state index in [2.05, 4.69) is 10.6 Å². The van der Waals surface area contributed by atoms with Gasteiger partial charge in [0, 0.05) is 18.4 Å². The smallest absolute Gasteiger partial charge is 0.303 e. The maximum absolute atomic E-state index is 12.1. The van der Waals surface area contributed by atoms with Gasteiger partial charge in [0.15, 0.2) is 0 Å². The number of amides is 2. The monoisotopic (exact) mass is 270 g/mol. The Balaban J connectivity index is 2.52. The molecule has 1 saturated heterocycles. The van der Waals surface area contributed by atoms with Crippen LogP contribution in [0.25, 0.3) is 0 Å². The number of carbonyl (C=O) groups is 3. The molecule has 1 heterocycles. The van der Waals surface area contributed by atoms with Crippen molar-refractivity contribution in [1.82, 2.24) is 10.6 Å². The lowest BCUT2D eigenvalue weighted by Gasteiger charge is -2.28.